The van der Waals surface area contributed by atoms with E-state index >= 15 is 0 Å². The molecule has 0 fully saturated rings. The first kappa shape index (κ1) is 9.57. The van der Waals surface area contributed by atoms with Gasteiger partial charge >= 0.3 is 0 Å². The van der Waals surface area contributed by atoms with Gasteiger partial charge in [0.15, 0.2) is 0 Å². The summed E-state index contributed by atoms with van der Waals surface area (Å²) in [6.07, 6.45) is 0. The number of rotatable bonds is 2. The summed E-state index contributed by atoms with van der Waals surface area (Å²) in [6, 6.07) is 0. The third-order valence-electron chi connectivity index (χ3n) is 1.55. The van der Waals surface area contributed by atoms with E-state index < -0.39 is 11.8 Å². The number of halogens is 3. The van der Waals surface area contributed by atoms with Crippen molar-refractivity contribution in [2.75, 3.05) is 0 Å². The summed E-state index contributed by atoms with van der Waals surface area (Å²) < 4.78 is 30.1. The molecule has 6 heteroatoms. The SMILES string of the molecule is CC(c1nc(Br)no1)C(C)(F)F. The van der Waals surface area contributed by atoms with Crippen LogP contribution in [0.2, 0.25) is 0 Å². The van der Waals surface area contributed by atoms with Gasteiger partial charge in [0.25, 0.3) is 5.92 Å². The Morgan fingerprint density at radius 1 is 1.58 bits per heavy atom. The first-order valence-corrected chi connectivity index (χ1v) is 4.07. The Morgan fingerprint density at radius 2 is 2.17 bits per heavy atom. The van der Waals surface area contributed by atoms with Crippen molar-refractivity contribution in [1.82, 2.24) is 10.1 Å². The van der Waals surface area contributed by atoms with Gasteiger partial charge < -0.3 is 4.52 Å². The van der Waals surface area contributed by atoms with Crippen LogP contribution in [0.3, 0.4) is 0 Å². The lowest BCUT2D eigenvalue weighted by molar-refractivity contribution is -0.0114. The second-order valence-corrected chi connectivity index (χ2v) is 3.29. The lowest BCUT2D eigenvalue weighted by atomic mass is 10.1. The lowest BCUT2D eigenvalue weighted by Crippen LogP contribution is -2.19. The summed E-state index contributed by atoms with van der Waals surface area (Å²) in [5, 5.41) is 3.35. The van der Waals surface area contributed by atoms with Gasteiger partial charge in [-0.2, -0.15) is 4.98 Å². The Morgan fingerprint density at radius 3 is 2.50 bits per heavy atom. The molecule has 0 aliphatic heterocycles. The number of alkyl halides is 2. The molecule has 0 amide bonds. The number of hydrogen-bond donors (Lipinski definition) is 0. The molecule has 0 bridgehead atoms. The van der Waals surface area contributed by atoms with Crippen LogP contribution in [0.25, 0.3) is 0 Å². The Labute approximate surface area is 76.3 Å². The van der Waals surface area contributed by atoms with Gasteiger partial charge in [-0.3, -0.25) is 0 Å². The van der Waals surface area contributed by atoms with Crippen LogP contribution in [-0.2, 0) is 0 Å². The van der Waals surface area contributed by atoms with Crippen LogP contribution >= 0.6 is 15.9 Å². The van der Waals surface area contributed by atoms with Gasteiger partial charge in [0, 0.05) is 6.92 Å². The number of nitrogens with zero attached hydrogens (tertiary/aromatic N) is 2. The molecule has 0 saturated carbocycles. The molecular weight excluding hydrogens is 234 g/mol. The fourth-order valence-electron chi connectivity index (χ4n) is 0.609. The van der Waals surface area contributed by atoms with E-state index in [1.54, 1.807) is 0 Å². The molecule has 0 aliphatic rings. The van der Waals surface area contributed by atoms with E-state index in [0.29, 0.717) is 0 Å². The third kappa shape index (κ3) is 2.00. The molecule has 0 radical (unpaired) electrons. The summed E-state index contributed by atoms with van der Waals surface area (Å²) in [4.78, 5) is 3.64. The maximum absolute atomic E-state index is 12.7. The minimum Gasteiger partial charge on any atom is -0.338 e. The maximum atomic E-state index is 12.7. The Hall–Kier alpha value is -0.520. The summed E-state index contributed by atoms with van der Waals surface area (Å²) in [7, 11) is 0. The van der Waals surface area contributed by atoms with Gasteiger partial charge in [-0.15, -0.1) is 0 Å². The van der Waals surface area contributed by atoms with Crippen molar-refractivity contribution in [2.45, 2.75) is 25.7 Å². The first-order valence-electron chi connectivity index (χ1n) is 3.28. The molecule has 0 N–H and O–H groups in total. The van der Waals surface area contributed by atoms with E-state index in [2.05, 4.69) is 30.6 Å². The van der Waals surface area contributed by atoms with Crippen molar-refractivity contribution in [3.8, 4) is 0 Å². The first-order chi connectivity index (χ1) is 5.41. The third-order valence-corrected chi connectivity index (χ3v) is 1.87. The van der Waals surface area contributed by atoms with Gasteiger partial charge in [0.2, 0.25) is 10.6 Å². The zero-order valence-corrected chi connectivity index (χ0v) is 8.10. The van der Waals surface area contributed by atoms with Crippen molar-refractivity contribution < 1.29 is 13.3 Å². The lowest BCUT2D eigenvalue weighted by Gasteiger charge is -2.14. The Balaban J connectivity index is 2.85. The van der Waals surface area contributed by atoms with E-state index in [1.807, 2.05) is 0 Å². The predicted octanol–water partition coefficient (Wildman–Crippen LogP) is 2.59. The van der Waals surface area contributed by atoms with Gasteiger partial charge in [0.1, 0.15) is 0 Å². The highest BCUT2D eigenvalue weighted by molar-refractivity contribution is 9.10. The number of aromatic nitrogens is 2. The van der Waals surface area contributed by atoms with Crippen LogP contribution in [0, 0.1) is 0 Å². The molecule has 1 aromatic rings. The Kier molecular flexibility index (Phi) is 2.46. The monoisotopic (exact) mass is 240 g/mol. The molecule has 1 aromatic heterocycles. The second-order valence-electron chi connectivity index (χ2n) is 2.58. The van der Waals surface area contributed by atoms with Gasteiger partial charge in [-0.1, -0.05) is 0 Å². The molecule has 0 saturated heterocycles. The van der Waals surface area contributed by atoms with Crippen molar-refractivity contribution in [3.63, 3.8) is 0 Å². The van der Waals surface area contributed by atoms with E-state index in [1.165, 1.54) is 6.92 Å². The molecule has 1 unspecified atom stereocenters. The fraction of sp³-hybridized carbons (Fsp3) is 0.667. The highest BCUT2D eigenvalue weighted by Gasteiger charge is 2.35. The van der Waals surface area contributed by atoms with Crippen molar-refractivity contribution in [2.24, 2.45) is 0 Å². The van der Waals surface area contributed by atoms with Crippen LogP contribution in [0.1, 0.15) is 25.7 Å². The molecule has 0 aromatic carbocycles. The topological polar surface area (TPSA) is 38.9 Å². The zero-order valence-electron chi connectivity index (χ0n) is 6.51. The molecule has 0 aliphatic carbocycles. The van der Waals surface area contributed by atoms with Gasteiger partial charge in [-0.05, 0) is 28.0 Å². The highest BCUT2D eigenvalue weighted by Crippen LogP contribution is 2.31. The zero-order chi connectivity index (χ0) is 9.35. The fourth-order valence-corrected chi connectivity index (χ4v) is 0.856. The average Bonchev–Trinajstić information content (AvgIpc) is 2.32. The largest absolute Gasteiger partial charge is 0.338 e. The van der Waals surface area contributed by atoms with Crippen molar-refractivity contribution >= 4 is 15.9 Å². The highest BCUT2D eigenvalue weighted by atomic mass is 79.9. The molecule has 68 valence electrons. The predicted molar refractivity (Wildman–Crippen MR) is 41.0 cm³/mol. The standard InChI is InChI=1S/C6H7BrF2N2O/c1-3(6(2,8)9)4-10-5(7)11-12-4/h3H,1-2H3. The second kappa shape index (κ2) is 3.08. The van der Waals surface area contributed by atoms with Crippen LogP contribution in [0.4, 0.5) is 8.78 Å². The molecule has 1 rings (SSSR count). The molecule has 0 spiro atoms. The molecular formula is C6H7BrF2N2O. The molecule has 1 atom stereocenters. The van der Waals surface area contributed by atoms with E-state index in [4.69, 9.17) is 0 Å². The van der Waals surface area contributed by atoms with E-state index in [-0.39, 0.29) is 10.6 Å². The number of hydrogen-bond acceptors (Lipinski definition) is 3. The summed E-state index contributed by atoms with van der Waals surface area (Å²) in [5.74, 6) is -3.96. The Bertz CT molecular complexity index is 271. The van der Waals surface area contributed by atoms with Crippen LogP contribution in [0.15, 0.2) is 9.26 Å². The van der Waals surface area contributed by atoms with Gasteiger partial charge in [0.05, 0.1) is 5.92 Å². The summed E-state index contributed by atoms with van der Waals surface area (Å²) >= 11 is 2.91. The summed E-state index contributed by atoms with van der Waals surface area (Å²) in [6.45, 7) is 2.15. The average molecular weight is 241 g/mol. The van der Waals surface area contributed by atoms with Crippen molar-refractivity contribution in [1.29, 1.82) is 0 Å². The van der Waals surface area contributed by atoms with Crippen LogP contribution in [0.5, 0.6) is 0 Å². The normalized spacial score (nSPS) is 14.8. The minimum absolute atomic E-state index is 0.0608. The van der Waals surface area contributed by atoms with Crippen LogP contribution < -0.4 is 0 Å². The van der Waals surface area contributed by atoms with E-state index in [9.17, 15) is 8.78 Å². The summed E-state index contributed by atoms with van der Waals surface area (Å²) in [5.41, 5.74) is 0. The van der Waals surface area contributed by atoms with Gasteiger partial charge in [-0.25, -0.2) is 8.78 Å². The van der Waals surface area contributed by atoms with E-state index in [0.717, 1.165) is 6.92 Å². The molecule has 3 nitrogen and oxygen atoms in total. The smallest absolute Gasteiger partial charge is 0.256 e. The quantitative estimate of drug-likeness (QED) is 0.798. The minimum atomic E-state index is -2.84. The maximum Gasteiger partial charge on any atom is 0.256 e. The van der Waals surface area contributed by atoms with Crippen molar-refractivity contribution in [3.05, 3.63) is 10.6 Å². The molecule has 12 heavy (non-hydrogen) atoms. The molecule has 1 heterocycles. The van der Waals surface area contributed by atoms with Crippen LogP contribution in [-0.4, -0.2) is 16.1 Å².